The second kappa shape index (κ2) is 11.7. The summed E-state index contributed by atoms with van der Waals surface area (Å²) < 4.78 is 5.59. The quantitative estimate of drug-likeness (QED) is 0.366. The number of piperidine rings is 1. The lowest BCUT2D eigenvalue weighted by Crippen LogP contribution is -2.46. The van der Waals surface area contributed by atoms with E-state index in [0.717, 1.165) is 37.7 Å². The van der Waals surface area contributed by atoms with Gasteiger partial charge in [0, 0.05) is 23.7 Å². The van der Waals surface area contributed by atoms with E-state index < -0.39 is 0 Å². The minimum Gasteiger partial charge on any atom is -0.337 e. The highest BCUT2D eigenvalue weighted by Gasteiger charge is 2.34. The van der Waals surface area contributed by atoms with E-state index in [9.17, 15) is 9.59 Å². The fourth-order valence-electron chi connectivity index (χ4n) is 4.26. The molecule has 1 saturated heterocycles. The van der Waals surface area contributed by atoms with Gasteiger partial charge in [0.25, 0.3) is 5.91 Å². The topological polar surface area (TPSA) is 79.5 Å². The van der Waals surface area contributed by atoms with Crippen molar-refractivity contribution >= 4 is 35.0 Å². The Kier molecular flexibility index (Phi) is 8.42. The molecular weight excluding hydrogens is 487 g/mol. The van der Waals surface area contributed by atoms with Crippen molar-refractivity contribution in [2.24, 2.45) is 0 Å². The molecule has 1 aromatic heterocycles. The summed E-state index contributed by atoms with van der Waals surface area (Å²) in [6, 6.07) is 13.8. The van der Waals surface area contributed by atoms with Crippen molar-refractivity contribution in [2.45, 2.75) is 45.1 Å². The molecule has 0 saturated carbocycles. The summed E-state index contributed by atoms with van der Waals surface area (Å²) in [5, 5.41) is 5.07. The summed E-state index contributed by atoms with van der Waals surface area (Å²) in [6.45, 7) is 3.06. The van der Waals surface area contributed by atoms with Crippen LogP contribution in [0.1, 0.15) is 61.3 Å². The van der Waals surface area contributed by atoms with Gasteiger partial charge in [-0.1, -0.05) is 66.0 Å². The first-order valence-electron chi connectivity index (χ1n) is 11.9. The van der Waals surface area contributed by atoms with E-state index in [-0.39, 0.29) is 24.4 Å². The van der Waals surface area contributed by atoms with Crippen molar-refractivity contribution in [3.63, 3.8) is 0 Å². The van der Waals surface area contributed by atoms with Gasteiger partial charge in [-0.25, -0.2) is 0 Å². The predicted molar refractivity (Wildman–Crippen MR) is 135 cm³/mol. The Hall–Kier alpha value is -2.90. The van der Waals surface area contributed by atoms with Gasteiger partial charge in [-0.15, -0.1) is 0 Å². The number of likely N-dealkylation sites (tertiary alicyclic amines) is 1. The van der Waals surface area contributed by atoms with Gasteiger partial charge in [0.2, 0.25) is 17.6 Å². The molecule has 2 heterocycles. The van der Waals surface area contributed by atoms with E-state index in [1.54, 1.807) is 46.2 Å². The Bertz CT molecular complexity index is 1180. The normalized spacial score (nSPS) is 15.7. The Labute approximate surface area is 215 Å². The molecule has 0 spiro atoms. The van der Waals surface area contributed by atoms with E-state index in [1.165, 1.54) is 0 Å². The second-order valence-corrected chi connectivity index (χ2v) is 9.47. The minimum absolute atomic E-state index is 0.0319. The molecule has 1 aliphatic heterocycles. The number of nitrogens with zero attached hydrogens (tertiary/aromatic N) is 4. The highest BCUT2D eigenvalue weighted by Crippen LogP contribution is 2.32. The van der Waals surface area contributed by atoms with Gasteiger partial charge in [-0.2, -0.15) is 4.98 Å². The maximum Gasteiger partial charge on any atom is 0.255 e. The molecule has 4 rings (SSSR count). The van der Waals surface area contributed by atoms with Gasteiger partial charge in [0.15, 0.2) is 0 Å². The summed E-state index contributed by atoms with van der Waals surface area (Å²) in [5.74, 6) is 0.435. The monoisotopic (exact) mass is 514 g/mol. The molecule has 9 heteroatoms. The van der Waals surface area contributed by atoms with Crippen molar-refractivity contribution in [3.05, 3.63) is 70.0 Å². The molecule has 2 aromatic carbocycles. The summed E-state index contributed by atoms with van der Waals surface area (Å²) in [6.07, 6.45) is 4.24. The van der Waals surface area contributed by atoms with Crippen LogP contribution >= 0.6 is 23.2 Å². The number of benzene rings is 2. The second-order valence-electron chi connectivity index (χ2n) is 8.63. The van der Waals surface area contributed by atoms with Gasteiger partial charge >= 0.3 is 0 Å². The lowest BCUT2D eigenvalue weighted by Gasteiger charge is -2.35. The number of rotatable bonds is 8. The maximum atomic E-state index is 13.5. The van der Waals surface area contributed by atoms with Crippen molar-refractivity contribution in [1.82, 2.24) is 19.9 Å². The number of aromatic nitrogens is 2. The van der Waals surface area contributed by atoms with Crippen LogP contribution in [0.25, 0.3) is 11.4 Å². The zero-order valence-corrected chi connectivity index (χ0v) is 21.1. The fraction of sp³-hybridized carbons (Fsp3) is 0.385. The average molecular weight is 515 g/mol. The molecule has 184 valence electrons. The molecule has 0 N–H and O–H groups in total. The van der Waals surface area contributed by atoms with Crippen LogP contribution in [0.3, 0.4) is 0 Å². The van der Waals surface area contributed by atoms with Crippen LogP contribution in [0, 0.1) is 0 Å². The summed E-state index contributed by atoms with van der Waals surface area (Å²) in [7, 11) is 0. The Morgan fingerprint density at radius 1 is 1.14 bits per heavy atom. The smallest absolute Gasteiger partial charge is 0.255 e. The summed E-state index contributed by atoms with van der Waals surface area (Å²) >= 11 is 12.4. The number of carbonyl (C=O) groups excluding carboxylic acids is 2. The summed E-state index contributed by atoms with van der Waals surface area (Å²) in [4.78, 5) is 34.7. The first-order chi connectivity index (χ1) is 17.0. The molecule has 1 fully saturated rings. The number of hydrogen-bond acceptors (Lipinski definition) is 5. The van der Waals surface area contributed by atoms with Crippen LogP contribution in [-0.2, 0) is 4.79 Å². The third-order valence-electron chi connectivity index (χ3n) is 6.13. The lowest BCUT2D eigenvalue weighted by molar-refractivity contribution is -0.136. The van der Waals surface area contributed by atoms with Gasteiger partial charge in [0.1, 0.15) is 12.6 Å². The van der Waals surface area contributed by atoms with E-state index >= 15 is 0 Å². The molecule has 1 atom stereocenters. The van der Waals surface area contributed by atoms with Crippen molar-refractivity contribution in [3.8, 4) is 11.4 Å². The molecule has 7 nitrogen and oxygen atoms in total. The molecule has 0 radical (unpaired) electrons. The molecule has 2 amide bonds. The SMILES string of the molecule is CCCCN(CC(=O)N1CCCC[C@@H]1c1nc(-c2cccc(Cl)c2)no1)C(=O)c1ccccc1Cl. The summed E-state index contributed by atoms with van der Waals surface area (Å²) in [5.41, 5.74) is 1.15. The van der Waals surface area contributed by atoms with Crippen LogP contribution < -0.4 is 0 Å². The van der Waals surface area contributed by atoms with Crippen molar-refractivity contribution < 1.29 is 14.1 Å². The minimum atomic E-state index is -0.333. The lowest BCUT2D eigenvalue weighted by atomic mass is 10.0. The van der Waals surface area contributed by atoms with E-state index in [0.29, 0.717) is 40.4 Å². The maximum absolute atomic E-state index is 13.5. The highest BCUT2D eigenvalue weighted by molar-refractivity contribution is 6.33. The molecule has 0 unspecified atom stereocenters. The van der Waals surface area contributed by atoms with Gasteiger partial charge in [-0.3, -0.25) is 9.59 Å². The van der Waals surface area contributed by atoms with Crippen LogP contribution in [0.2, 0.25) is 10.0 Å². The Morgan fingerprint density at radius 3 is 2.74 bits per heavy atom. The highest BCUT2D eigenvalue weighted by atomic mass is 35.5. The van der Waals surface area contributed by atoms with Gasteiger partial charge in [-0.05, 0) is 49.9 Å². The fourth-order valence-corrected chi connectivity index (χ4v) is 4.67. The van der Waals surface area contributed by atoms with Crippen LogP contribution in [0.15, 0.2) is 53.1 Å². The van der Waals surface area contributed by atoms with Crippen LogP contribution in [0.5, 0.6) is 0 Å². The van der Waals surface area contributed by atoms with Crippen LogP contribution in [-0.4, -0.2) is 51.4 Å². The third kappa shape index (κ3) is 6.03. The number of unbranched alkanes of at least 4 members (excludes halogenated alkanes) is 1. The number of halogens is 2. The Morgan fingerprint density at radius 2 is 1.97 bits per heavy atom. The largest absolute Gasteiger partial charge is 0.337 e. The van der Waals surface area contributed by atoms with E-state index in [1.807, 2.05) is 19.1 Å². The van der Waals surface area contributed by atoms with Crippen molar-refractivity contribution in [1.29, 1.82) is 0 Å². The zero-order valence-electron chi connectivity index (χ0n) is 19.6. The number of hydrogen-bond donors (Lipinski definition) is 0. The molecule has 1 aliphatic rings. The van der Waals surface area contributed by atoms with E-state index in [4.69, 9.17) is 27.7 Å². The predicted octanol–water partition coefficient (Wildman–Crippen LogP) is 6.04. The van der Waals surface area contributed by atoms with Gasteiger partial charge in [0.05, 0.1) is 10.6 Å². The molecule has 0 bridgehead atoms. The first-order valence-corrected chi connectivity index (χ1v) is 12.7. The van der Waals surface area contributed by atoms with E-state index in [2.05, 4.69) is 10.1 Å². The Balaban J connectivity index is 1.53. The molecule has 0 aliphatic carbocycles. The first kappa shape index (κ1) is 25.2. The van der Waals surface area contributed by atoms with Crippen molar-refractivity contribution in [2.75, 3.05) is 19.6 Å². The average Bonchev–Trinajstić information content (AvgIpc) is 3.37. The van der Waals surface area contributed by atoms with Gasteiger partial charge < -0.3 is 14.3 Å². The molecule has 35 heavy (non-hydrogen) atoms. The van der Waals surface area contributed by atoms with Crippen LogP contribution in [0.4, 0.5) is 0 Å². The molecular formula is C26H28Cl2N4O3. The number of carbonyl (C=O) groups is 2. The standard InChI is InChI=1S/C26H28Cl2N4O3/c1-2-3-14-31(26(34)20-11-4-5-12-21(20)28)17-23(33)32-15-7-6-13-22(32)25-29-24(30-35-25)18-9-8-10-19(27)16-18/h4-5,8-12,16,22H,2-3,6-7,13-15,17H2,1H3/t22-/m1/s1. The number of amides is 2. The molecule has 3 aromatic rings. The third-order valence-corrected chi connectivity index (χ3v) is 6.70. The zero-order chi connectivity index (χ0) is 24.8.